The van der Waals surface area contributed by atoms with Crippen molar-refractivity contribution in [3.63, 3.8) is 0 Å². The van der Waals surface area contributed by atoms with E-state index in [2.05, 4.69) is 0 Å². The smallest absolute Gasteiger partial charge is 0.0136 e. The van der Waals surface area contributed by atoms with E-state index in [1.54, 1.807) is 0 Å². The van der Waals surface area contributed by atoms with Crippen molar-refractivity contribution in [2.24, 2.45) is 0 Å². The SMILES string of the molecule is C1CSS1.C1CSS1.N. The van der Waals surface area contributed by atoms with Crippen LogP contribution >= 0.6 is 43.2 Å². The maximum Gasteiger partial charge on any atom is 0.0136 e. The van der Waals surface area contributed by atoms with Gasteiger partial charge in [0.1, 0.15) is 0 Å². The van der Waals surface area contributed by atoms with E-state index in [9.17, 15) is 0 Å². The predicted octanol–water partition coefficient (Wildman–Crippen LogP) is 2.92. The Morgan fingerprint density at radius 3 is 0.667 bits per heavy atom. The highest BCUT2D eigenvalue weighted by Gasteiger charge is 1.97. The van der Waals surface area contributed by atoms with Crippen LogP contribution in [0.1, 0.15) is 0 Å². The van der Waals surface area contributed by atoms with Gasteiger partial charge in [0.2, 0.25) is 0 Å². The summed E-state index contributed by atoms with van der Waals surface area (Å²) in [6, 6.07) is 0. The van der Waals surface area contributed by atoms with Crippen molar-refractivity contribution < 1.29 is 0 Å². The standard InChI is InChI=1S/2C2H4S2.H3N/c2*1-2-4-3-1;/h2*1-2H2;1H3. The molecule has 9 heavy (non-hydrogen) atoms. The van der Waals surface area contributed by atoms with Crippen LogP contribution in [0.15, 0.2) is 0 Å². The summed E-state index contributed by atoms with van der Waals surface area (Å²) in [4.78, 5) is 0. The zero-order chi connectivity index (χ0) is 5.66. The van der Waals surface area contributed by atoms with Crippen LogP contribution < -0.4 is 6.15 Å². The molecule has 0 aromatic carbocycles. The van der Waals surface area contributed by atoms with Crippen LogP contribution in [0.2, 0.25) is 0 Å². The second-order valence-corrected chi connectivity index (χ2v) is 6.69. The fourth-order valence-electron chi connectivity index (χ4n) is 0.167. The summed E-state index contributed by atoms with van der Waals surface area (Å²) in [6.07, 6.45) is 0. The predicted molar refractivity (Wildman–Crippen MR) is 54.9 cm³/mol. The fraction of sp³-hybridized carbons (Fsp3) is 1.00. The highest BCUT2D eigenvalue weighted by Crippen LogP contribution is 2.31. The van der Waals surface area contributed by atoms with Crippen molar-refractivity contribution >= 4 is 43.2 Å². The van der Waals surface area contributed by atoms with Gasteiger partial charge in [-0.15, -0.1) is 0 Å². The van der Waals surface area contributed by atoms with Gasteiger partial charge in [-0.3, -0.25) is 0 Å². The molecule has 2 fully saturated rings. The summed E-state index contributed by atoms with van der Waals surface area (Å²) in [5.74, 6) is 5.52. The lowest BCUT2D eigenvalue weighted by Gasteiger charge is -2.04. The Labute approximate surface area is 72.3 Å². The molecular formula is C4H11NS4. The third kappa shape index (κ3) is 5.79. The molecule has 0 saturated carbocycles. The first kappa shape index (κ1) is 10.4. The molecule has 5 heteroatoms. The van der Waals surface area contributed by atoms with Gasteiger partial charge in [-0.25, -0.2) is 0 Å². The molecule has 0 spiro atoms. The molecule has 2 rings (SSSR count). The summed E-state index contributed by atoms with van der Waals surface area (Å²) in [5, 5.41) is 0. The Morgan fingerprint density at radius 1 is 0.556 bits per heavy atom. The molecule has 0 aromatic rings. The Bertz CT molecular complexity index is 36.5. The van der Waals surface area contributed by atoms with Crippen LogP contribution in [0, 0.1) is 0 Å². The van der Waals surface area contributed by atoms with E-state index in [1.165, 1.54) is 23.0 Å². The van der Waals surface area contributed by atoms with Gasteiger partial charge in [-0.2, -0.15) is 0 Å². The van der Waals surface area contributed by atoms with Crippen LogP contribution in [-0.4, -0.2) is 23.0 Å². The van der Waals surface area contributed by atoms with Gasteiger partial charge in [-0.1, -0.05) is 43.2 Å². The van der Waals surface area contributed by atoms with Crippen molar-refractivity contribution in [1.29, 1.82) is 0 Å². The van der Waals surface area contributed by atoms with E-state index in [1.807, 2.05) is 43.2 Å². The largest absolute Gasteiger partial charge is 0.344 e. The molecule has 0 bridgehead atoms. The Kier molecular flexibility index (Phi) is 8.60. The van der Waals surface area contributed by atoms with Crippen molar-refractivity contribution in [3.8, 4) is 0 Å². The summed E-state index contributed by atoms with van der Waals surface area (Å²) >= 11 is 0. The quantitative estimate of drug-likeness (QED) is 0.610. The van der Waals surface area contributed by atoms with E-state index in [0.29, 0.717) is 0 Å². The van der Waals surface area contributed by atoms with Gasteiger partial charge < -0.3 is 6.15 Å². The molecule has 0 atom stereocenters. The van der Waals surface area contributed by atoms with Gasteiger partial charge in [0.25, 0.3) is 0 Å². The first-order valence-electron chi connectivity index (χ1n) is 2.49. The van der Waals surface area contributed by atoms with E-state index in [-0.39, 0.29) is 6.15 Å². The van der Waals surface area contributed by atoms with Crippen molar-refractivity contribution in [2.75, 3.05) is 23.0 Å². The fourth-order valence-corrected chi connectivity index (χ4v) is 1.50. The molecule has 0 radical (unpaired) electrons. The summed E-state index contributed by atoms with van der Waals surface area (Å²) < 4.78 is 0. The van der Waals surface area contributed by atoms with Crippen LogP contribution in [0.4, 0.5) is 0 Å². The van der Waals surface area contributed by atoms with Crippen LogP contribution in [0.5, 0.6) is 0 Å². The third-order valence-electron chi connectivity index (χ3n) is 0.667. The maximum absolute atomic E-state index is 1.95. The first-order chi connectivity index (χ1) is 4.00. The lowest BCUT2D eigenvalue weighted by Crippen LogP contribution is -1.86. The van der Waals surface area contributed by atoms with Gasteiger partial charge in [0.05, 0.1) is 0 Å². The molecular weight excluding hydrogens is 190 g/mol. The molecule has 3 N–H and O–H groups in total. The van der Waals surface area contributed by atoms with E-state index >= 15 is 0 Å². The zero-order valence-electron chi connectivity index (χ0n) is 5.17. The molecule has 56 valence electrons. The van der Waals surface area contributed by atoms with Crippen LogP contribution in [0.25, 0.3) is 0 Å². The summed E-state index contributed by atoms with van der Waals surface area (Å²) in [7, 11) is 7.81. The highest BCUT2D eigenvalue weighted by molar-refractivity contribution is 8.79. The monoisotopic (exact) mass is 201 g/mol. The lowest BCUT2D eigenvalue weighted by molar-refractivity contribution is 1.55. The average Bonchev–Trinajstić information content (AvgIpc) is 1.12. The molecule has 2 saturated heterocycles. The van der Waals surface area contributed by atoms with E-state index < -0.39 is 0 Å². The molecule has 1 nitrogen and oxygen atoms in total. The zero-order valence-corrected chi connectivity index (χ0v) is 8.43. The third-order valence-corrected chi connectivity index (χ3v) is 6.00. The molecule has 2 aliphatic heterocycles. The number of hydrogen-bond donors (Lipinski definition) is 1. The topological polar surface area (TPSA) is 35.0 Å². The Balaban J connectivity index is 0.000000128. The normalized spacial score (nSPS) is 21.3. The van der Waals surface area contributed by atoms with Gasteiger partial charge in [-0.05, 0) is 0 Å². The summed E-state index contributed by atoms with van der Waals surface area (Å²) in [6.45, 7) is 0. The van der Waals surface area contributed by atoms with Crippen LogP contribution in [0.3, 0.4) is 0 Å². The van der Waals surface area contributed by atoms with Gasteiger partial charge >= 0.3 is 0 Å². The van der Waals surface area contributed by atoms with Gasteiger partial charge in [0.15, 0.2) is 0 Å². The number of hydrogen-bond acceptors (Lipinski definition) is 5. The van der Waals surface area contributed by atoms with Crippen molar-refractivity contribution in [1.82, 2.24) is 6.15 Å². The molecule has 0 aromatic heterocycles. The first-order valence-corrected chi connectivity index (χ1v) is 7.46. The molecule has 2 aliphatic rings. The van der Waals surface area contributed by atoms with Crippen molar-refractivity contribution in [2.45, 2.75) is 0 Å². The average molecular weight is 201 g/mol. The molecule has 0 aliphatic carbocycles. The Hall–Kier alpha value is 1.36. The minimum absolute atomic E-state index is 0. The molecule has 2 heterocycles. The second kappa shape index (κ2) is 7.47. The van der Waals surface area contributed by atoms with Crippen LogP contribution in [-0.2, 0) is 0 Å². The second-order valence-electron chi connectivity index (χ2n) is 1.29. The molecule has 0 amide bonds. The van der Waals surface area contributed by atoms with E-state index in [4.69, 9.17) is 0 Å². The minimum atomic E-state index is 0. The van der Waals surface area contributed by atoms with Gasteiger partial charge in [0, 0.05) is 23.0 Å². The highest BCUT2D eigenvalue weighted by atomic mass is 33.1. The molecule has 0 unspecified atom stereocenters. The minimum Gasteiger partial charge on any atom is -0.344 e. The maximum atomic E-state index is 1.95. The number of rotatable bonds is 0. The Morgan fingerprint density at radius 2 is 0.667 bits per heavy atom. The lowest BCUT2D eigenvalue weighted by atomic mass is 11.0. The van der Waals surface area contributed by atoms with E-state index in [0.717, 1.165) is 0 Å². The van der Waals surface area contributed by atoms with Crippen molar-refractivity contribution in [3.05, 3.63) is 0 Å². The summed E-state index contributed by atoms with van der Waals surface area (Å²) in [5.41, 5.74) is 0.